The molecule has 1 aromatic carbocycles. The summed E-state index contributed by atoms with van der Waals surface area (Å²) in [5.41, 5.74) is 6.87. The quantitative estimate of drug-likeness (QED) is 0.841. The predicted molar refractivity (Wildman–Crippen MR) is 84.0 cm³/mol. The van der Waals surface area contributed by atoms with E-state index in [0.717, 1.165) is 12.3 Å². The number of carbonyl (C=O) groups excluding carboxylic acids is 1. The van der Waals surface area contributed by atoms with E-state index < -0.39 is 0 Å². The van der Waals surface area contributed by atoms with Crippen LogP contribution in [0.5, 0.6) is 0 Å². The van der Waals surface area contributed by atoms with Crippen LogP contribution >= 0.6 is 35.9 Å². The molecule has 1 atom stereocenters. The van der Waals surface area contributed by atoms with Crippen molar-refractivity contribution in [2.24, 2.45) is 0 Å². The fourth-order valence-electron chi connectivity index (χ4n) is 1.66. The molecule has 3 nitrogen and oxygen atoms in total. The maximum atomic E-state index is 11.9. The van der Waals surface area contributed by atoms with Crippen molar-refractivity contribution in [1.29, 1.82) is 0 Å². The van der Waals surface area contributed by atoms with Gasteiger partial charge in [0.1, 0.15) is 0 Å². The number of benzene rings is 1. The first-order chi connectivity index (χ1) is 8.27. The Morgan fingerprint density at radius 1 is 1.39 bits per heavy atom. The number of rotatable bonds is 3. The van der Waals surface area contributed by atoms with Gasteiger partial charge in [-0.2, -0.15) is 23.5 Å². The van der Waals surface area contributed by atoms with Crippen LogP contribution in [0.15, 0.2) is 24.3 Å². The van der Waals surface area contributed by atoms with Crippen molar-refractivity contribution < 1.29 is 4.79 Å². The van der Waals surface area contributed by atoms with E-state index in [1.54, 1.807) is 12.1 Å². The van der Waals surface area contributed by atoms with Crippen LogP contribution in [0, 0.1) is 0 Å². The van der Waals surface area contributed by atoms with Crippen LogP contribution < -0.4 is 11.1 Å². The van der Waals surface area contributed by atoms with Crippen molar-refractivity contribution in [2.75, 3.05) is 29.5 Å². The van der Waals surface area contributed by atoms with Gasteiger partial charge < -0.3 is 11.1 Å². The van der Waals surface area contributed by atoms with E-state index in [-0.39, 0.29) is 18.3 Å². The monoisotopic (exact) mass is 304 g/mol. The van der Waals surface area contributed by atoms with Gasteiger partial charge in [0.25, 0.3) is 5.91 Å². The van der Waals surface area contributed by atoms with E-state index in [1.165, 1.54) is 11.5 Å². The van der Waals surface area contributed by atoms with Gasteiger partial charge in [-0.25, -0.2) is 0 Å². The number of carbonyl (C=O) groups is 1. The minimum absolute atomic E-state index is 0. The molecule has 0 aliphatic carbocycles. The topological polar surface area (TPSA) is 55.1 Å². The summed E-state index contributed by atoms with van der Waals surface area (Å²) in [7, 11) is 0. The minimum atomic E-state index is -0.0701. The standard InChI is InChI=1S/C12H16N2OS2.ClH/c13-11-4-2-1-3-10(11)12(15)14-7-9-8-16-5-6-17-9;/h1-4,9H,5-8,13H2,(H,14,15);1H. The molecule has 1 fully saturated rings. The van der Waals surface area contributed by atoms with Gasteiger partial charge in [-0.1, -0.05) is 12.1 Å². The fraction of sp³-hybridized carbons (Fsp3) is 0.417. The number of anilines is 1. The highest BCUT2D eigenvalue weighted by Crippen LogP contribution is 2.23. The molecule has 1 aromatic rings. The first-order valence-electron chi connectivity index (χ1n) is 5.59. The first-order valence-corrected chi connectivity index (χ1v) is 7.80. The van der Waals surface area contributed by atoms with E-state index in [2.05, 4.69) is 5.32 Å². The molecule has 6 heteroatoms. The molecule has 100 valence electrons. The van der Waals surface area contributed by atoms with Gasteiger partial charge in [-0.05, 0) is 12.1 Å². The number of hydrogen-bond acceptors (Lipinski definition) is 4. The average Bonchev–Trinajstić information content (AvgIpc) is 2.38. The smallest absolute Gasteiger partial charge is 0.253 e. The molecule has 1 amide bonds. The number of hydrogen-bond donors (Lipinski definition) is 2. The summed E-state index contributed by atoms with van der Waals surface area (Å²) in [5, 5.41) is 3.49. The summed E-state index contributed by atoms with van der Waals surface area (Å²) in [6.45, 7) is 0.727. The molecule has 1 heterocycles. The molecular weight excluding hydrogens is 288 g/mol. The lowest BCUT2D eigenvalue weighted by Crippen LogP contribution is -2.33. The Hall–Kier alpha value is -0.520. The molecule has 0 radical (unpaired) electrons. The Balaban J connectivity index is 0.00000162. The Kier molecular flexibility index (Phi) is 6.75. The van der Waals surface area contributed by atoms with Crippen molar-refractivity contribution in [2.45, 2.75) is 5.25 Å². The van der Waals surface area contributed by atoms with Gasteiger partial charge in [0, 0.05) is 34.7 Å². The molecule has 3 N–H and O–H groups in total. The molecule has 0 aromatic heterocycles. The Morgan fingerprint density at radius 3 is 2.83 bits per heavy atom. The Bertz CT molecular complexity index is 397. The summed E-state index contributed by atoms with van der Waals surface area (Å²) in [4.78, 5) is 11.9. The van der Waals surface area contributed by atoms with Crippen molar-refractivity contribution in [3.8, 4) is 0 Å². The molecule has 1 unspecified atom stereocenters. The fourth-order valence-corrected chi connectivity index (χ4v) is 4.27. The van der Waals surface area contributed by atoms with Crippen LogP contribution in [0.25, 0.3) is 0 Å². The first kappa shape index (κ1) is 15.5. The lowest BCUT2D eigenvalue weighted by molar-refractivity contribution is 0.0955. The lowest BCUT2D eigenvalue weighted by atomic mass is 10.1. The third-order valence-corrected chi connectivity index (χ3v) is 5.43. The highest BCUT2D eigenvalue weighted by atomic mass is 35.5. The summed E-state index contributed by atoms with van der Waals surface area (Å²) < 4.78 is 0. The van der Waals surface area contributed by atoms with Crippen LogP contribution in [-0.2, 0) is 0 Å². The van der Waals surface area contributed by atoms with Crippen LogP contribution in [0.3, 0.4) is 0 Å². The SMILES string of the molecule is Cl.Nc1ccccc1C(=O)NCC1CSCCS1. The number of amides is 1. The molecule has 18 heavy (non-hydrogen) atoms. The van der Waals surface area contributed by atoms with E-state index in [9.17, 15) is 4.79 Å². The number of thioether (sulfide) groups is 2. The van der Waals surface area contributed by atoms with Crippen LogP contribution in [0.2, 0.25) is 0 Å². The summed E-state index contributed by atoms with van der Waals surface area (Å²) in [6, 6.07) is 7.17. The summed E-state index contributed by atoms with van der Waals surface area (Å²) in [5.74, 6) is 3.45. The van der Waals surface area contributed by atoms with Gasteiger partial charge in [-0.15, -0.1) is 12.4 Å². The second-order valence-electron chi connectivity index (χ2n) is 3.86. The van der Waals surface area contributed by atoms with Crippen LogP contribution in [0.1, 0.15) is 10.4 Å². The number of nitrogens with one attached hydrogen (secondary N) is 1. The molecule has 1 aliphatic rings. The van der Waals surface area contributed by atoms with Gasteiger partial charge in [0.15, 0.2) is 0 Å². The highest BCUT2D eigenvalue weighted by Gasteiger charge is 2.16. The molecule has 1 saturated heterocycles. The maximum absolute atomic E-state index is 11.9. The molecule has 1 aliphatic heterocycles. The van der Waals surface area contributed by atoms with Gasteiger partial charge >= 0.3 is 0 Å². The number of nitrogen functional groups attached to an aromatic ring is 1. The predicted octanol–water partition coefficient (Wildman–Crippen LogP) is 2.27. The molecule has 0 saturated carbocycles. The number of nitrogens with two attached hydrogens (primary N) is 1. The third kappa shape index (κ3) is 4.30. The van der Waals surface area contributed by atoms with Crippen molar-refractivity contribution >= 4 is 47.5 Å². The molecular formula is C12H17ClN2OS2. The third-order valence-electron chi connectivity index (χ3n) is 2.58. The Labute approximate surface area is 122 Å². The highest BCUT2D eigenvalue weighted by molar-refractivity contribution is 8.06. The lowest BCUT2D eigenvalue weighted by Gasteiger charge is -2.21. The number of para-hydroxylation sites is 1. The number of halogens is 1. The maximum Gasteiger partial charge on any atom is 0.253 e. The normalized spacial score (nSPS) is 18.8. The molecule has 0 spiro atoms. The van der Waals surface area contributed by atoms with E-state index in [4.69, 9.17) is 5.73 Å². The molecule has 0 bridgehead atoms. The Morgan fingerprint density at radius 2 is 2.17 bits per heavy atom. The summed E-state index contributed by atoms with van der Waals surface area (Å²) >= 11 is 3.89. The van der Waals surface area contributed by atoms with Gasteiger partial charge in [-0.3, -0.25) is 4.79 Å². The van der Waals surface area contributed by atoms with E-state index in [0.29, 0.717) is 16.5 Å². The van der Waals surface area contributed by atoms with Crippen molar-refractivity contribution in [1.82, 2.24) is 5.32 Å². The van der Waals surface area contributed by atoms with Crippen molar-refractivity contribution in [3.63, 3.8) is 0 Å². The van der Waals surface area contributed by atoms with Gasteiger partial charge in [0.2, 0.25) is 0 Å². The zero-order valence-electron chi connectivity index (χ0n) is 9.93. The van der Waals surface area contributed by atoms with Gasteiger partial charge in [0.05, 0.1) is 5.56 Å². The van der Waals surface area contributed by atoms with Crippen LogP contribution in [-0.4, -0.2) is 35.0 Å². The average molecular weight is 305 g/mol. The molecule has 2 rings (SSSR count). The largest absolute Gasteiger partial charge is 0.398 e. The van der Waals surface area contributed by atoms with E-state index >= 15 is 0 Å². The minimum Gasteiger partial charge on any atom is -0.398 e. The van der Waals surface area contributed by atoms with Crippen molar-refractivity contribution in [3.05, 3.63) is 29.8 Å². The van der Waals surface area contributed by atoms with Crippen LogP contribution in [0.4, 0.5) is 5.69 Å². The zero-order chi connectivity index (χ0) is 12.1. The zero-order valence-corrected chi connectivity index (χ0v) is 12.4. The van der Waals surface area contributed by atoms with E-state index in [1.807, 2.05) is 35.7 Å². The second-order valence-corrected chi connectivity index (χ2v) is 6.42. The second kappa shape index (κ2) is 7.81. The summed E-state index contributed by atoms with van der Waals surface area (Å²) in [6.07, 6.45) is 0.